The Morgan fingerprint density at radius 2 is 1.62 bits per heavy atom. The molecule has 3 N–H and O–H groups in total. The molecule has 10 heteroatoms. The third kappa shape index (κ3) is 8.92. The van der Waals surface area contributed by atoms with Crippen molar-refractivity contribution in [3.05, 3.63) is 136 Å². The van der Waals surface area contributed by atoms with Gasteiger partial charge in [-0.25, -0.2) is 4.98 Å². The number of aryl methyl sites for hydroxylation is 1. The molecular formula is C35H29ClN4O3S2. The minimum absolute atomic E-state index is 0.0606. The zero-order valence-corrected chi connectivity index (χ0v) is 26.8. The molecule has 0 spiro atoms. The number of benzene rings is 4. The summed E-state index contributed by atoms with van der Waals surface area (Å²) in [4.78, 5) is 44.7. The van der Waals surface area contributed by atoms with Crippen LogP contribution in [0.4, 0.5) is 10.8 Å². The third-order valence-corrected chi connectivity index (χ3v) is 8.67. The van der Waals surface area contributed by atoms with Gasteiger partial charge in [-0.05, 0) is 68.0 Å². The number of rotatable bonds is 10. The second-order valence-corrected chi connectivity index (χ2v) is 12.8. The lowest BCUT2D eigenvalue weighted by molar-refractivity contribution is -0.115. The maximum absolute atomic E-state index is 13.4. The molecule has 0 aliphatic rings. The van der Waals surface area contributed by atoms with Gasteiger partial charge in [-0.2, -0.15) is 0 Å². The van der Waals surface area contributed by atoms with E-state index in [2.05, 4.69) is 20.9 Å². The first kappa shape index (κ1) is 31.7. The molecule has 226 valence electrons. The lowest BCUT2D eigenvalue weighted by Gasteiger charge is -2.13. The van der Waals surface area contributed by atoms with Crippen LogP contribution < -0.4 is 16.0 Å². The summed E-state index contributed by atoms with van der Waals surface area (Å²) in [6, 6.07) is 30.8. The summed E-state index contributed by atoms with van der Waals surface area (Å²) >= 11 is 8.75. The number of hydrogen-bond acceptors (Lipinski definition) is 6. The van der Waals surface area contributed by atoms with Crippen LogP contribution in [0.1, 0.15) is 28.4 Å². The Morgan fingerprint density at radius 1 is 0.889 bits per heavy atom. The van der Waals surface area contributed by atoms with E-state index < -0.39 is 17.1 Å². The molecule has 1 atom stereocenters. The van der Waals surface area contributed by atoms with E-state index in [1.165, 1.54) is 28.7 Å². The Balaban J connectivity index is 1.25. The van der Waals surface area contributed by atoms with Crippen LogP contribution >= 0.6 is 34.7 Å². The Bertz CT molecular complexity index is 1840. The van der Waals surface area contributed by atoms with Crippen molar-refractivity contribution in [3.63, 3.8) is 0 Å². The number of thioether (sulfide) groups is 1. The van der Waals surface area contributed by atoms with Crippen LogP contribution in [0.2, 0.25) is 5.02 Å². The fourth-order valence-electron chi connectivity index (χ4n) is 4.17. The minimum atomic E-state index is -0.504. The zero-order chi connectivity index (χ0) is 31.8. The number of nitrogens with zero attached hydrogens (tertiary/aromatic N) is 1. The van der Waals surface area contributed by atoms with E-state index in [0.29, 0.717) is 27.0 Å². The fraction of sp³-hybridized carbons (Fsp3) is 0.0857. The highest BCUT2D eigenvalue weighted by Gasteiger charge is 2.18. The summed E-state index contributed by atoms with van der Waals surface area (Å²) in [5, 5.41) is 11.1. The van der Waals surface area contributed by atoms with Gasteiger partial charge in [0.2, 0.25) is 5.91 Å². The largest absolute Gasteiger partial charge is 0.321 e. The first-order chi connectivity index (χ1) is 21.7. The van der Waals surface area contributed by atoms with Gasteiger partial charge in [0.15, 0.2) is 5.13 Å². The Hall–Kier alpha value is -4.70. The molecular weight excluding hydrogens is 624 g/mol. The number of aromatic nitrogens is 1. The number of halogens is 1. The molecule has 0 saturated carbocycles. The van der Waals surface area contributed by atoms with E-state index in [4.69, 9.17) is 11.6 Å². The number of anilines is 2. The molecule has 0 radical (unpaired) electrons. The average Bonchev–Trinajstić information content (AvgIpc) is 3.51. The number of thiazole rings is 1. The Morgan fingerprint density at radius 3 is 2.36 bits per heavy atom. The molecule has 1 aromatic heterocycles. The number of hydrogen-bond donors (Lipinski definition) is 3. The molecule has 0 aliphatic carbocycles. The van der Waals surface area contributed by atoms with Crippen molar-refractivity contribution in [2.75, 3.05) is 10.6 Å². The van der Waals surface area contributed by atoms with Gasteiger partial charge in [-0.3, -0.25) is 14.4 Å². The van der Waals surface area contributed by atoms with Gasteiger partial charge in [0.1, 0.15) is 5.70 Å². The molecule has 45 heavy (non-hydrogen) atoms. The number of amides is 3. The summed E-state index contributed by atoms with van der Waals surface area (Å²) in [6.45, 7) is 3.84. The van der Waals surface area contributed by atoms with Crippen LogP contribution in [0, 0.1) is 6.92 Å². The lowest BCUT2D eigenvalue weighted by atomic mass is 10.1. The van der Waals surface area contributed by atoms with Crippen LogP contribution in [-0.4, -0.2) is 28.0 Å². The van der Waals surface area contributed by atoms with Crippen molar-refractivity contribution in [3.8, 4) is 11.3 Å². The molecule has 7 nitrogen and oxygen atoms in total. The number of carbonyl (C=O) groups is 3. The Kier molecular flexibility index (Phi) is 10.5. The molecule has 0 aliphatic heterocycles. The lowest BCUT2D eigenvalue weighted by Crippen LogP contribution is -2.30. The van der Waals surface area contributed by atoms with Crippen molar-refractivity contribution in [2.45, 2.75) is 24.0 Å². The molecule has 0 fully saturated rings. The highest BCUT2D eigenvalue weighted by Crippen LogP contribution is 2.29. The second kappa shape index (κ2) is 14.9. The first-order valence-corrected chi connectivity index (χ1v) is 16.1. The molecule has 5 rings (SSSR count). The van der Waals surface area contributed by atoms with Crippen LogP contribution in [0.25, 0.3) is 17.3 Å². The van der Waals surface area contributed by atoms with Crippen molar-refractivity contribution in [1.82, 2.24) is 10.3 Å². The zero-order valence-electron chi connectivity index (χ0n) is 24.4. The molecule has 0 saturated heterocycles. The summed E-state index contributed by atoms with van der Waals surface area (Å²) in [6.07, 6.45) is 1.58. The summed E-state index contributed by atoms with van der Waals surface area (Å²) in [7, 11) is 0. The highest BCUT2D eigenvalue weighted by molar-refractivity contribution is 8.00. The van der Waals surface area contributed by atoms with Crippen molar-refractivity contribution < 1.29 is 14.4 Å². The van der Waals surface area contributed by atoms with Gasteiger partial charge in [0, 0.05) is 32.1 Å². The maximum atomic E-state index is 13.4. The SMILES string of the molecule is Cc1ccc(-c2csc(NC(=O)C(C)Sc3cccc(NC(=O)/C(=C/c4ccc(Cl)cc4)NC(=O)c4ccccc4)c3)n2)cc1. The molecule has 0 bridgehead atoms. The standard InChI is InChI=1S/C35H29ClN4O3S2/c1-22-11-15-25(16-12-22)31-21-44-35(39-31)40-32(41)23(2)45-29-10-6-9-28(20-29)37-34(43)30(19-24-13-17-27(36)18-14-24)38-33(42)26-7-4-3-5-8-26/h3-21,23H,1-2H3,(H,37,43)(H,38,42)(H,39,40,41)/b30-19-. The van der Waals surface area contributed by atoms with Crippen molar-refractivity contribution in [1.29, 1.82) is 0 Å². The van der Waals surface area contributed by atoms with Gasteiger partial charge in [-0.15, -0.1) is 23.1 Å². The topological polar surface area (TPSA) is 100 Å². The third-order valence-electron chi connectivity index (χ3n) is 6.57. The van der Waals surface area contributed by atoms with Gasteiger partial charge in [0.25, 0.3) is 11.8 Å². The van der Waals surface area contributed by atoms with E-state index in [1.54, 1.807) is 72.8 Å². The van der Waals surface area contributed by atoms with E-state index in [0.717, 1.165) is 16.2 Å². The molecule has 3 amide bonds. The van der Waals surface area contributed by atoms with Crippen LogP contribution in [0.15, 0.2) is 119 Å². The van der Waals surface area contributed by atoms with Gasteiger partial charge < -0.3 is 16.0 Å². The minimum Gasteiger partial charge on any atom is -0.321 e. The molecule has 1 heterocycles. The molecule has 1 unspecified atom stereocenters. The maximum Gasteiger partial charge on any atom is 0.272 e. The number of carbonyl (C=O) groups excluding carboxylic acids is 3. The van der Waals surface area contributed by atoms with Crippen molar-refractivity contribution >= 4 is 69.3 Å². The fourth-order valence-corrected chi connectivity index (χ4v) is 5.94. The van der Waals surface area contributed by atoms with Crippen LogP contribution in [-0.2, 0) is 9.59 Å². The molecule has 4 aromatic carbocycles. The van der Waals surface area contributed by atoms with E-state index in [9.17, 15) is 14.4 Å². The van der Waals surface area contributed by atoms with E-state index >= 15 is 0 Å². The Labute approximate surface area is 274 Å². The van der Waals surface area contributed by atoms with Gasteiger partial charge in [0.05, 0.1) is 10.9 Å². The smallest absolute Gasteiger partial charge is 0.272 e. The predicted octanol–water partition coefficient (Wildman–Crippen LogP) is 8.30. The van der Waals surface area contributed by atoms with Gasteiger partial charge in [-0.1, -0.05) is 77.8 Å². The summed E-state index contributed by atoms with van der Waals surface area (Å²) < 4.78 is 0. The summed E-state index contributed by atoms with van der Waals surface area (Å²) in [5.74, 6) is -1.10. The van der Waals surface area contributed by atoms with E-state index in [-0.39, 0.29) is 11.6 Å². The van der Waals surface area contributed by atoms with E-state index in [1.807, 2.05) is 55.6 Å². The van der Waals surface area contributed by atoms with Crippen LogP contribution in [0.3, 0.4) is 0 Å². The normalized spacial score (nSPS) is 11.8. The van der Waals surface area contributed by atoms with Gasteiger partial charge >= 0.3 is 0 Å². The number of nitrogens with one attached hydrogen (secondary N) is 3. The quantitative estimate of drug-likeness (QED) is 0.104. The highest BCUT2D eigenvalue weighted by atomic mass is 35.5. The average molecular weight is 653 g/mol. The first-order valence-electron chi connectivity index (χ1n) is 14.0. The van der Waals surface area contributed by atoms with Crippen LogP contribution in [0.5, 0.6) is 0 Å². The van der Waals surface area contributed by atoms with Crippen molar-refractivity contribution in [2.24, 2.45) is 0 Å². The monoisotopic (exact) mass is 652 g/mol. The second-order valence-electron chi connectivity index (χ2n) is 10.1. The molecule has 5 aromatic rings. The predicted molar refractivity (Wildman–Crippen MR) is 185 cm³/mol. The summed E-state index contributed by atoms with van der Waals surface area (Å²) in [5.41, 5.74) is 4.65.